The molecule has 1 aromatic heterocycles. The molecule has 0 aliphatic heterocycles. The van der Waals surface area contributed by atoms with Gasteiger partial charge in [0.15, 0.2) is 5.82 Å². The molecule has 0 bridgehead atoms. The van der Waals surface area contributed by atoms with Gasteiger partial charge in [-0.25, -0.2) is 0 Å². The first-order valence-electron chi connectivity index (χ1n) is 6.16. The standard InChI is InChI=1S/C11H16F3N3O2/c12-11(13,14)6-18-4-3-9-16-10(19-17-9)7-1-2-8(15)5-7/h7-8H,1-6,15H2/t7-,8+/m1/s1. The summed E-state index contributed by atoms with van der Waals surface area (Å²) >= 11 is 0. The molecule has 0 amide bonds. The topological polar surface area (TPSA) is 74.2 Å². The third kappa shape index (κ3) is 4.46. The van der Waals surface area contributed by atoms with Crippen molar-refractivity contribution < 1.29 is 22.4 Å². The van der Waals surface area contributed by atoms with E-state index in [9.17, 15) is 13.2 Å². The molecule has 2 atom stereocenters. The molecule has 2 rings (SSSR count). The van der Waals surface area contributed by atoms with E-state index in [0.717, 1.165) is 19.3 Å². The van der Waals surface area contributed by atoms with E-state index in [2.05, 4.69) is 14.9 Å². The quantitative estimate of drug-likeness (QED) is 0.832. The lowest BCUT2D eigenvalue weighted by Gasteiger charge is -2.05. The normalized spacial score (nSPS) is 24.0. The highest BCUT2D eigenvalue weighted by Gasteiger charge is 2.28. The largest absolute Gasteiger partial charge is 0.411 e. The summed E-state index contributed by atoms with van der Waals surface area (Å²) in [5.74, 6) is 1.07. The number of alkyl halides is 3. The van der Waals surface area contributed by atoms with Gasteiger partial charge in [-0.15, -0.1) is 0 Å². The van der Waals surface area contributed by atoms with Crippen LogP contribution in [0, 0.1) is 0 Å². The van der Waals surface area contributed by atoms with Crippen molar-refractivity contribution in [1.29, 1.82) is 0 Å². The first kappa shape index (κ1) is 14.3. The van der Waals surface area contributed by atoms with Crippen molar-refractivity contribution in [2.24, 2.45) is 5.73 Å². The Morgan fingerprint density at radius 2 is 2.16 bits per heavy atom. The van der Waals surface area contributed by atoms with E-state index in [1.54, 1.807) is 0 Å². The van der Waals surface area contributed by atoms with Crippen molar-refractivity contribution in [2.75, 3.05) is 13.2 Å². The SMILES string of the molecule is N[C@H]1CC[C@@H](c2nc(CCOCC(F)(F)F)no2)C1. The van der Waals surface area contributed by atoms with Crippen LogP contribution in [-0.2, 0) is 11.2 Å². The molecule has 19 heavy (non-hydrogen) atoms. The Hall–Kier alpha value is -1.15. The van der Waals surface area contributed by atoms with E-state index in [0.29, 0.717) is 11.7 Å². The molecule has 0 radical (unpaired) electrons. The summed E-state index contributed by atoms with van der Waals surface area (Å²) in [6.07, 6.45) is -1.45. The van der Waals surface area contributed by atoms with Crippen LogP contribution in [0.15, 0.2) is 4.52 Å². The zero-order chi connectivity index (χ0) is 13.9. The zero-order valence-electron chi connectivity index (χ0n) is 10.3. The van der Waals surface area contributed by atoms with Crippen LogP contribution in [0.5, 0.6) is 0 Å². The molecule has 0 unspecified atom stereocenters. The fourth-order valence-electron chi connectivity index (χ4n) is 2.13. The number of hydrogen-bond acceptors (Lipinski definition) is 5. The summed E-state index contributed by atoms with van der Waals surface area (Å²) in [6, 6.07) is 0.162. The molecular formula is C11H16F3N3O2. The van der Waals surface area contributed by atoms with Crippen molar-refractivity contribution in [3.8, 4) is 0 Å². The minimum absolute atomic E-state index is 0.0807. The summed E-state index contributed by atoms with van der Waals surface area (Å²) in [5, 5.41) is 3.73. The second-order valence-electron chi connectivity index (χ2n) is 4.74. The van der Waals surface area contributed by atoms with Gasteiger partial charge >= 0.3 is 6.18 Å². The van der Waals surface area contributed by atoms with Crippen molar-refractivity contribution in [3.63, 3.8) is 0 Å². The maximum atomic E-state index is 11.8. The average molecular weight is 279 g/mol. The molecule has 5 nitrogen and oxygen atoms in total. The van der Waals surface area contributed by atoms with Crippen LogP contribution in [0.2, 0.25) is 0 Å². The highest BCUT2D eigenvalue weighted by Crippen LogP contribution is 2.32. The number of halogens is 3. The smallest absolute Gasteiger partial charge is 0.372 e. The van der Waals surface area contributed by atoms with E-state index < -0.39 is 12.8 Å². The predicted octanol–water partition coefficient (Wildman–Crippen LogP) is 1.79. The molecule has 2 N–H and O–H groups in total. The van der Waals surface area contributed by atoms with Crippen LogP contribution in [0.1, 0.15) is 36.9 Å². The van der Waals surface area contributed by atoms with E-state index in [4.69, 9.17) is 10.3 Å². The summed E-state index contributed by atoms with van der Waals surface area (Å²) < 4.78 is 45.1. The number of rotatable bonds is 5. The third-order valence-corrected chi connectivity index (χ3v) is 3.04. The van der Waals surface area contributed by atoms with Crippen molar-refractivity contribution in [1.82, 2.24) is 10.1 Å². The van der Waals surface area contributed by atoms with E-state index in [1.807, 2.05) is 0 Å². The maximum Gasteiger partial charge on any atom is 0.411 e. The number of nitrogens with zero attached hydrogens (tertiary/aromatic N) is 2. The van der Waals surface area contributed by atoms with Gasteiger partial charge in [-0.2, -0.15) is 18.2 Å². The van der Waals surface area contributed by atoms with Crippen LogP contribution in [0.4, 0.5) is 13.2 Å². The van der Waals surface area contributed by atoms with Gasteiger partial charge in [0.05, 0.1) is 6.61 Å². The van der Waals surface area contributed by atoms with Gasteiger partial charge < -0.3 is 15.0 Å². The van der Waals surface area contributed by atoms with Crippen LogP contribution < -0.4 is 5.73 Å². The van der Waals surface area contributed by atoms with Gasteiger partial charge in [0.25, 0.3) is 0 Å². The zero-order valence-corrected chi connectivity index (χ0v) is 10.3. The highest BCUT2D eigenvalue weighted by atomic mass is 19.4. The first-order chi connectivity index (χ1) is 8.94. The van der Waals surface area contributed by atoms with Crippen LogP contribution >= 0.6 is 0 Å². The lowest BCUT2D eigenvalue weighted by Crippen LogP contribution is -2.18. The lowest BCUT2D eigenvalue weighted by molar-refractivity contribution is -0.173. The van der Waals surface area contributed by atoms with Gasteiger partial charge in [-0.3, -0.25) is 0 Å². The lowest BCUT2D eigenvalue weighted by atomic mass is 10.1. The number of nitrogens with two attached hydrogens (primary N) is 1. The second kappa shape index (κ2) is 5.87. The Bertz CT molecular complexity index is 408. The van der Waals surface area contributed by atoms with Crippen LogP contribution in [0.3, 0.4) is 0 Å². The Kier molecular flexibility index (Phi) is 4.41. The Morgan fingerprint density at radius 1 is 1.37 bits per heavy atom. The third-order valence-electron chi connectivity index (χ3n) is 3.04. The number of hydrogen-bond donors (Lipinski definition) is 1. The van der Waals surface area contributed by atoms with E-state index >= 15 is 0 Å². The van der Waals surface area contributed by atoms with Crippen molar-refractivity contribution >= 4 is 0 Å². The van der Waals surface area contributed by atoms with Crippen molar-refractivity contribution in [2.45, 2.75) is 43.8 Å². The van der Waals surface area contributed by atoms with Gasteiger partial charge in [0, 0.05) is 18.4 Å². The van der Waals surface area contributed by atoms with Gasteiger partial charge in [-0.1, -0.05) is 5.16 Å². The van der Waals surface area contributed by atoms with Crippen LogP contribution in [0.25, 0.3) is 0 Å². The molecule has 0 aromatic carbocycles. The number of ether oxygens (including phenoxy) is 1. The van der Waals surface area contributed by atoms with E-state index in [1.165, 1.54) is 0 Å². The summed E-state index contributed by atoms with van der Waals surface area (Å²) in [5.41, 5.74) is 5.79. The van der Waals surface area contributed by atoms with E-state index in [-0.39, 0.29) is 25.0 Å². The molecule has 0 saturated heterocycles. The molecule has 108 valence electrons. The van der Waals surface area contributed by atoms with Crippen LogP contribution in [-0.4, -0.2) is 35.6 Å². The Morgan fingerprint density at radius 3 is 2.79 bits per heavy atom. The minimum Gasteiger partial charge on any atom is -0.372 e. The monoisotopic (exact) mass is 279 g/mol. The average Bonchev–Trinajstić information content (AvgIpc) is 2.92. The molecule has 8 heteroatoms. The summed E-state index contributed by atoms with van der Waals surface area (Å²) in [6.45, 7) is -1.34. The predicted molar refractivity (Wildman–Crippen MR) is 59.4 cm³/mol. The molecule has 1 heterocycles. The summed E-state index contributed by atoms with van der Waals surface area (Å²) in [4.78, 5) is 4.17. The fraction of sp³-hybridized carbons (Fsp3) is 0.818. The Balaban J connectivity index is 1.75. The Labute approximate surface area is 108 Å². The maximum absolute atomic E-state index is 11.8. The molecule has 1 aromatic rings. The van der Waals surface area contributed by atoms with Gasteiger partial charge in [0.1, 0.15) is 6.61 Å². The fourth-order valence-corrected chi connectivity index (χ4v) is 2.13. The van der Waals surface area contributed by atoms with Gasteiger partial charge in [-0.05, 0) is 19.3 Å². The molecule has 1 aliphatic rings. The van der Waals surface area contributed by atoms with Gasteiger partial charge in [0.2, 0.25) is 5.89 Å². The first-order valence-corrected chi connectivity index (χ1v) is 6.16. The summed E-state index contributed by atoms with van der Waals surface area (Å²) in [7, 11) is 0. The van der Waals surface area contributed by atoms with Crippen molar-refractivity contribution in [3.05, 3.63) is 11.7 Å². The number of aromatic nitrogens is 2. The molecular weight excluding hydrogens is 263 g/mol. The molecule has 0 spiro atoms. The minimum atomic E-state index is -4.30. The highest BCUT2D eigenvalue weighted by molar-refractivity contribution is 4.99. The molecule has 1 aliphatic carbocycles. The second-order valence-corrected chi connectivity index (χ2v) is 4.74. The molecule has 1 saturated carbocycles. The molecule has 1 fully saturated rings.